The lowest BCUT2D eigenvalue weighted by Crippen LogP contribution is -2.04. The van der Waals surface area contributed by atoms with Gasteiger partial charge in [0.05, 0.1) is 22.4 Å². The van der Waals surface area contributed by atoms with E-state index in [4.69, 9.17) is 19.9 Å². The predicted octanol–water partition coefficient (Wildman–Crippen LogP) is 13.1. The number of rotatable bonds is 6. The van der Waals surface area contributed by atoms with Crippen LogP contribution in [0.15, 0.2) is 188 Å². The molecule has 11 rings (SSSR count). The van der Waals surface area contributed by atoms with E-state index in [1.54, 1.807) is 11.3 Å². The first kappa shape index (κ1) is 32.2. The van der Waals surface area contributed by atoms with E-state index in [1.807, 2.05) is 30.5 Å². The van der Waals surface area contributed by atoms with Gasteiger partial charge in [-0.3, -0.25) is 4.98 Å². The number of para-hydroxylation sites is 2. The summed E-state index contributed by atoms with van der Waals surface area (Å²) in [7, 11) is 0. The second kappa shape index (κ2) is 13.2. The zero-order chi connectivity index (χ0) is 37.0. The molecule has 0 saturated heterocycles. The van der Waals surface area contributed by atoms with E-state index in [2.05, 4.69) is 162 Å². The number of hydrogen-bond donors (Lipinski definition) is 0. The van der Waals surface area contributed by atoms with Gasteiger partial charge in [0.1, 0.15) is 0 Å². The van der Waals surface area contributed by atoms with Crippen LogP contribution >= 0.6 is 11.3 Å². The lowest BCUT2D eigenvalue weighted by molar-refractivity contribution is 1.06. The molecule has 11 aromatic rings. The molecule has 0 amide bonds. The Balaban J connectivity index is 1.15. The molecule has 7 aromatic carbocycles. The van der Waals surface area contributed by atoms with Crippen LogP contribution in [0.4, 0.5) is 0 Å². The highest BCUT2D eigenvalue weighted by Gasteiger charge is 2.21. The number of benzene rings is 7. The normalized spacial score (nSPS) is 11.6. The molecule has 0 saturated carbocycles. The third-order valence-corrected chi connectivity index (χ3v) is 11.8. The molecule has 0 unspecified atom stereocenters. The van der Waals surface area contributed by atoms with E-state index in [0.717, 1.165) is 55.8 Å². The van der Waals surface area contributed by atoms with Crippen LogP contribution in [0, 0.1) is 0 Å². The van der Waals surface area contributed by atoms with E-state index in [9.17, 15) is 0 Å². The van der Waals surface area contributed by atoms with E-state index in [-0.39, 0.29) is 0 Å². The Bertz CT molecular complexity index is 3200. The molecular weight excluding hydrogens is 703 g/mol. The van der Waals surface area contributed by atoms with Gasteiger partial charge >= 0.3 is 0 Å². The summed E-state index contributed by atoms with van der Waals surface area (Å²) in [6, 6.07) is 63.6. The molecule has 4 heterocycles. The van der Waals surface area contributed by atoms with Crippen LogP contribution in [0.5, 0.6) is 0 Å². The molecule has 4 aromatic heterocycles. The molecule has 6 heteroatoms. The largest absolute Gasteiger partial charge is 0.308 e. The van der Waals surface area contributed by atoms with Crippen molar-refractivity contribution in [2.45, 2.75) is 0 Å². The molecule has 0 atom stereocenters. The van der Waals surface area contributed by atoms with E-state index < -0.39 is 0 Å². The molecular formula is C50H31N5S. The first-order valence-corrected chi connectivity index (χ1v) is 19.5. The van der Waals surface area contributed by atoms with Crippen molar-refractivity contribution in [2.75, 3.05) is 0 Å². The standard InChI is InChI=1S/C50H31N5S/c1-3-14-32(15-4-1)34-26-27-41(45(31-34)55-43-23-10-7-18-36(43)37-19-8-11-24-44(37)55)50-53-48(33-16-5-2-6-17-33)52-49(54-50)35-28-29-51-42(30-35)40-22-13-21-39-38-20-9-12-25-46(38)56-47(39)40/h1-31H. The second-order valence-electron chi connectivity index (χ2n) is 13.9. The van der Waals surface area contributed by atoms with Gasteiger partial charge in [0.25, 0.3) is 0 Å². The highest BCUT2D eigenvalue weighted by atomic mass is 32.1. The van der Waals surface area contributed by atoms with Crippen LogP contribution in [-0.4, -0.2) is 24.5 Å². The summed E-state index contributed by atoms with van der Waals surface area (Å²) in [6.07, 6.45) is 1.86. The molecule has 262 valence electrons. The van der Waals surface area contributed by atoms with Gasteiger partial charge < -0.3 is 4.57 Å². The molecule has 0 fully saturated rings. The fraction of sp³-hybridized carbons (Fsp3) is 0. The number of fused-ring (bicyclic) bond motifs is 6. The third kappa shape index (κ3) is 5.38. The molecule has 0 bridgehead atoms. The fourth-order valence-electron chi connectivity index (χ4n) is 7.91. The Morgan fingerprint density at radius 3 is 1.75 bits per heavy atom. The van der Waals surface area contributed by atoms with Crippen LogP contribution in [0.2, 0.25) is 0 Å². The molecule has 56 heavy (non-hydrogen) atoms. The van der Waals surface area contributed by atoms with Gasteiger partial charge in [-0.25, -0.2) is 15.0 Å². The van der Waals surface area contributed by atoms with Gasteiger partial charge in [-0.05, 0) is 53.6 Å². The van der Waals surface area contributed by atoms with Gasteiger partial charge in [0.15, 0.2) is 17.5 Å². The van der Waals surface area contributed by atoms with Gasteiger partial charge in [-0.2, -0.15) is 0 Å². The minimum absolute atomic E-state index is 0.585. The van der Waals surface area contributed by atoms with Crippen molar-refractivity contribution < 1.29 is 0 Å². The molecule has 0 aliphatic carbocycles. The highest BCUT2D eigenvalue weighted by molar-refractivity contribution is 7.26. The minimum Gasteiger partial charge on any atom is -0.308 e. The number of aromatic nitrogens is 5. The second-order valence-corrected chi connectivity index (χ2v) is 14.9. The smallest absolute Gasteiger partial charge is 0.166 e. The summed E-state index contributed by atoms with van der Waals surface area (Å²) in [5.74, 6) is 1.78. The van der Waals surface area contributed by atoms with Gasteiger partial charge in [-0.15, -0.1) is 11.3 Å². The molecule has 0 N–H and O–H groups in total. The molecule has 0 radical (unpaired) electrons. The zero-order valence-corrected chi connectivity index (χ0v) is 30.9. The van der Waals surface area contributed by atoms with Gasteiger partial charge in [-0.1, -0.05) is 140 Å². The van der Waals surface area contributed by atoms with Crippen LogP contribution in [-0.2, 0) is 0 Å². The first-order valence-electron chi connectivity index (χ1n) is 18.6. The predicted molar refractivity (Wildman–Crippen MR) is 232 cm³/mol. The van der Waals surface area contributed by atoms with Gasteiger partial charge in [0.2, 0.25) is 0 Å². The Hall–Kier alpha value is -7.28. The molecule has 0 aliphatic heterocycles. The van der Waals surface area contributed by atoms with Crippen LogP contribution < -0.4 is 0 Å². The average molecular weight is 734 g/mol. The summed E-state index contributed by atoms with van der Waals surface area (Å²) in [5.41, 5.74) is 10.1. The Kier molecular flexibility index (Phi) is 7.60. The van der Waals surface area contributed by atoms with Crippen molar-refractivity contribution in [2.24, 2.45) is 0 Å². The van der Waals surface area contributed by atoms with E-state index in [0.29, 0.717) is 17.5 Å². The zero-order valence-electron chi connectivity index (χ0n) is 30.0. The first-order chi connectivity index (χ1) is 27.8. The molecule has 0 spiro atoms. The number of hydrogen-bond acceptors (Lipinski definition) is 5. The van der Waals surface area contributed by atoms with Crippen molar-refractivity contribution in [3.8, 4) is 62.2 Å². The number of nitrogens with zero attached hydrogens (tertiary/aromatic N) is 5. The highest BCUT2D eigenvalue weighted by Crippen LogP contribution is 2.41. The maximum atomic E-state index is 5.30. The lowest BCUT2D eigenvalue weighted by atomic mass is 10.0. The topological polar surface area (TPSA) is 56.5 Å². The average Bonchev–Trinajstić information content (AvgIpc) is 3.83. The SMILES string of the molecule is c1ccc(-c2ccc(-c3nc(-c4ccccc4)nc(-c4ccnc(-c5cccc6c5sc5ccccc56)c4)n3)c(-n3c4ccccc4c4ccccc43)c2)cc1. The molecule has 0 aliphatic rings. The Morgan fingerprint density at radius 1 is 0.393 bits per heavy atom. The minimum atomic E-state index is 0.585. The van der Waals surface area contributed by atoms with Crippen molar-refractivity contribution in [3.63, 3.8) is 0 Å². The Morgan fingerprint density at radius 2 is 1.00 bits per heavy atom. The summed E-state index contributed by atoms with van der Waals surface area (Å²) < 4.78 is 4.83. The molecule has 5 nitrogen and oxygen atoms in total. The quantitative estimate of drug-likeness (QED) is 0.171. The third-order valence-electron chi connectivity index (χ3n) is 10.5. The van der Waals surface area contributed by atoms with E-state index in [1.165, 1.54) is 30.9 Å². The maximum Gasteiger partial charge on any atom is 0.166 e. The van der Waals surface area contributed by atoms with Crippen molar-refractivity contribution in [1.82, 2.24) is 24.5 Å². The maximum absolute atomic E-state index is 5.30. The van der Waals surface area contributed by atoms with Crippen LogP contribution in [0.1, 0.15) is 0 Å². The Labute approximate surface area is 326 Å². The van der Waals surface area contributed by atoms with Gasteiger partial charge in [0, 0.05) is 59.4 Å². The van der Waals surface area contributed by atoms with E-state index >= 15 is 0 Å². The summed E-state index contributed by atoms with van der Waals surface area (Å²) in [5, 5.41) is 4.88. The monoisotopic (exact) mass is 733 g/mol. The van der Waals surface area contributed by atoms with Crippen LogP contribution in [0.3, 0.4) is 0 Å². The summed E-state index contributed by atoms with van der Waals surface area (Å²) in [4.78, 5) is 20.6. The van der Waals surface area contributed by atoms with Crippen molar-refractivity contribution in [1.29, 1.82) is 0 Å². The summed E-state index contributed by atoms with van der Waals surface area (Å²) in [6.45, 7) is 0. The number of thiophene rings is 1. The van der Waals surface area contributed by atoms with Crippen LogP contribution in [0.25, 0.3) is 104 Å². The fourth-order valence-corrected chi connectivity index (χ4v) is 9.13. The van der Waals surface area contributed by atoms with Crippen molar-refractivity contribution in [3.05, 3.63) is 188 Å². The summed E-state index contributed by atoms with van der Waals surface area (Å²) >= 11 is 1.80. The van der Waals surface area contributed by atoms with Crippen molar-refractivity contribution >= 4 is 53.3 Å². The number of pyridine rings is 1. The lowest BCUT2D eigenvalue weighted by Gasteiger charge is -2.16.